The van der Waals surface area contributed by atoms with Gasteiger partial charge in [-0.2, -0.15) is 0 Å². The maximum absolute atomic E-state index is 5.80. The standard InChI is InChI=1S/C11H16ClN3/c1-8(2)7-15(9-3-4-9)10-5-6-13-11(12)14-10/h5-6,8-9H,3-4,7H2,1-2H3. The van der Waals surface area contributed by atoms with Gasteiger partial charge in [-0.3, -0.25) is 0 Å². The van der Waals surface area contributed by atoms with Gasteiger partial charge < -0.3 is 4.90 Å². The van der Waals surface area contributed by atoms with E-state index in [1.807, 2.05) is 6.07 Å². The van der Waals surface area contributed by atoms with Gasteiger partial charge in [-0.1, -0.05) is 13.8 Å². The lowest BCUT2D eigenvalue weighted by atomic mass is 10.2. The predicted molar refractivity (Wildman–Crippen MR) is 62.2 cm³/mol. The molecule has 2 rings (SSSR count). The van der Waals surface area contributed by atoms with Crippen molar-refractivity contribution in [3.8, 4) is 0 Å². The first-order valence-corrected chi connectivity index (χ1v) is 5.80. The van der Waals surface area contributed by atoms with E-state index in [4.69, 9.17) is 11.6 Å². The molecule has 15 heavy (non-hydrogen) atoms. The highest BCUT2D eigenvalue weighted by atomic mass is 35.5. The van der Waals surface area contributed by atoms with Crippen LogP contribution in [-0.4, -0.2) is 22.6 Å². The van der Waals surface area contributed by atoms with Crippen LogP contribution in [0.2, 0.25) is 5.28 Å². The first-order chi connectivity index (χ1) is 7.16. The zero-order valence-electron chi connectivity index (χ0n) is 9.15. The van der Waals surface area contributed by atoms with Gasteiger partial charge in [0, 0.05) is 18.8 Å². The Hall–Kier alpha value is -0.830. The van der Waals surface area contributed by atoms with Gasteiger partial charge in [0.05, 0.1) is 0 Å². The highest BCUT2D eigenvalue weighted by molar-refractivity contribution is 6.28. The van der Waals surface area contributed by atoms with Gasteiger partial charge in [0.25, 0.3) is 0 Å². The molecule has 0 N–H and O–H groups in total. The zero-order chi connectivity index (χ0) is 10.8. The second-order valence-electron chi connectivity index (χ2n) is 4.46. The normalized spacial score (nSPS) is 15.7. The van der Waals surface area contributed by atoms with Crippen molar-refractivity contribution in [1.82, 2.24) is 9.97 Å². The van der Waals surface area contributed by atoms with E-state index in [1.165, 1.54) is 12.8 Å². The fourth-order valence-electron chi connectivity index (χ4n) is 1.70. The summed E-state index contributed by atoms with van der Waals surface area (Å²) in [5, 5.41) is 0.335. The van der Waals surface area contributed by atoms with Crippen molar-refractivity contribution in [1.29, 1.82) is 0 Å². The van der Waals surface area contributed by atoms with Crippen molar-refractivity contribution in [2.75, 3.05) is 11.4 Å². The molecule has 1 heterocycles. The molecule has 0 atom stereocenters. The van der Waals surface area contributed by atoms with Gasteiger partial charge in [-0.25, -0.2) is 9.97 Å². The van der Waals surface area contributed by atoms with Gasteiger partial charge in [0.2, 0.25) is 5.28 Å². The van der Waals surface area contributed by atoms with Crippen LogP contribution in [0.3, 0.4) is 0 Å². The fourth-order valence-corrected chi connectivity index (χ4v) is 1.84. The molecular weight excluding hydrogens is 210 g/mol. The Morgan fingerprint density at radius 2 is 2.27 bits per heavy atom. The summed E-state index contributed by atoms with van der Waals surface area (Å²) in [5.41, 5.74) is 0. The first kappa shape index (κ1) is 10.7. The Labute approximate surface area is 95.5 Å². The summed E-state index contributed by atoms with van der Waals surface area (Å²) < 4.78 is 0. The predicted octanol–water partition coefficient (Wildman–Crippen LogP) is 2.75. The molecule has 1 aromatic heterocycles. The molecule has 1 aliphatic carbocycles. The van der Waals surface area contributed by atoms with Crippen molar-refractivity contribution >= 4 is 17.4 Å². The minimum absolute atomic E-state index is 0.335. The summed E-state index contributed by atoms with van der Waals surface area (Å²) in [7, 11) is 0. The Morgan fingerprint density at radius 1 is 1.53 bits per heavy atom. The molecule has 0 amide bonds. The van der Waals surface area contributed by atoms with Crippen LogP contribution < -0.4 is 4.90 Å². The third-order valence-electron chi connectivity index (χ3n) is 2.46. The van der Waals surface area contributed by atoms with Crippen LogP contribution in [0.15, 0.2) is 12.3 Å². The van der Waals surface area contributed by atoms with Crippen molar-refractivity contribution in [2.24, 2.45) is 5.92 Å². The van der Waals surface area contributed by atoms with E-state index in [1.54, 1.807) is 6.20 Å². The van der Waals surface area contributed by atoms with Crippen molar-refractivity contribution in [2.45, 2.75) is 32.7 Å². The highest BCUT2D eigenvalue weighted by Gasteiger charge is 2.30. The number of nitrogens with zero attached hydrogens (tertiary/aromatic N) is 3. The van der Waals surface area contributed by atoms with Crippen LogP contribution in [0.5, 0.6) is 0 Å². The molecular formula is C11H16ClN3. The van der Waals surface area contributed by atoms with E-state index >= 15 is 0 Å². The maximum atomic E-state index is 5.80. The number of hydrogen-bond donors (Lipinski definition) is 0. The quantitative estimate of drug-likeness (QED) is 0.738. The first-order valence-electron chi connectivity index (χ1n) is 5.42. The SMILES string of the molecule is CC(C)CN(c1ccnc(Cl)n1)C1CC1. The average Bonchev–Trinajstić information content (AvgIpc) is 2.97. The summed E-state index contributed by atoms with van der Waals surface area (Å²) in [6.45, 7) is 5.48. The van der Waals surface area contributed by atoms with Crippen molar-refractivity contribution in [3.63, 3.8) is 0 Å². The second kappa shape index (κ2) is 4.35. The fraction of sp³-hybridized carbons (Fsp3) is 0.636. The van der Waals surface area contributed by atoms with Crippen molar-refractivity contribution in [3.05, 3.63) is 17.5 Å². The van der Waals surface area contributed by atoms with E-state index < -0.39 is 0 Å². The average molecular weight is 226 g/mol. The van der Waals surface area contributed by atoms with E-state index in [0.717, 1.165) is 12.4 Å². The Morgan fingerprint density at radius 3 is 2.80 bits per heavy atom. The molecule has 1 aliphatic rings. The lowest BCUT2D eigenvalue weighted by Gasteiger charge is -2.25. The van der Waals surface area contributed by atoms with Crippen molar-refractivity contribution < 1.29 is 0 Å². The van der Waals surface area contributed by atoms with Crippen LogP contribution in [0, 0.1) is 5.92 Å². The van der Waals surface area contributed by atoms with Crippen LogP contribution in [0.4, 0.5) is 5.82 Å². The smallest absolute Gasteiger partial charge is 0.224 e. The largest absolute Gasteiger partial charge is 0.353 e. The van der Waals surface area contributed by atoms with Gasteiger partial charge in [0.15, 0.2) is 0 Å². The van der Waals surface area contributed by atoms with Crippen LogP contribution in [-0.2, 0) is 0 Å². The molecule has 0 bridgehead atoms. The number of anilines is 1. The monoisotopic (exact) mass is 225 g/mol. The number of halogens is 1. The van der Waals surface area contributed by atoms with Gasteiger partial charge in [0.1, 0.15) is 5.82 Å². The molecule has 0 spiro atoms. The molecule has 3 nitrogen and oxygen atoms in total. The maximum Gasteiger partial charge on any atom is 0.224 e. The number of aromatic nitrogens is 2. The van der Waals surface area contributed by atoms with E-state index in [0.29, 0.717) is 17.2 Å². The highest BCUT2D eigenvalue weighted by Crippen LogP contribution is 2.31. The molecule has 82 valence electrons. The minimum Gasteiger partial charge on any atom is -0.353 e. The summed E-state index contributed by atoms with van der Waals surface area (Å²) in [6.07, 6.45) is 4.27. The van der Waals surface area contributed by atoms with E-state index in [9.17, 15) is 0 Å². The van der Waals surface area contributed by atoms with Crippen LogP contribution >= 0.6 is 11.6 Å². The molecule has 0 saturated heterocycles. The summed E-state index contributed by atoms with van der Waals surface area (Å²) >= 11 is 5.80. The number of hydrogen-bond acceptors (Lipinski definition) is 3. The molecule has 1 saturated carbocycles. The molecule has 0 unspecified atom stereocenters. The molecule has 0 aliphatic heterocycles. The Bertz CT molecular complexity index is 336. The second-order valence-corrected chi connectivity index (χ2v) is 4.80. The lowest BCUT2D eigenvalue weighted by Crippen LogP contribution is -2.30. The van der Waals surface area contributed by atoms with E-state index in [2.05, 4.69) is 28.7 Å². The summed E-state index contributed by atoms with van der Waals surface area (Å²) in [5.74, 6) is 1.60. The lowest BCUT2D eigenvalue weighted by molar-refractivity contribution is 0.602. The third kappa shape index (κ3) is 2.81. The van der Waals surface area contributed by atoms with Gasteiger partial charge >= 0.3 is 0 Å². The molecule has 1 aromatic rings. The van der Waals surface area contributed by atoms with E-state index in [-0.39, 0.29) is 0 Å². The Balaban J connectivity index is 2.16. The molecule has 0 radical (unpaired) electrons. The topological polar surface area (TPSA) is 29.0 Å². The summed E-state index contributed by atoms with van der Waals surface area (Å²) in [4.78, 5) is 10.5. The number of rotatable bonds is 4. The zero-order valence-corrected chi connectivity index (χ0v) is 9.91. The summed E-state index contributed by atoms with van der Waals surface area (Å²) in [6, 6.07) is 2.60. The Kier molecular flexibility index (Phi) is 3.10. The van der Waals surface area contributed by atoms with Crippen LogP contribution in [0.1, 0.15) is 26.7 Å². The van der Waals surface area contributed by atoms with Gasteiger partial charge in [-0.15, -0.1) is 0 Å². The minimum atomic E-state index is 0.335. The van der Waals surface area contributed by atoms with Crippen LogP contribution in [0.25, 0.3) is 0 Å². The third-order valence-corrected chi connectivity index (χ3v) is 2.64. The molecule has 4 heteroatoms. The van der Waals surface area contributed by atoms with Gasteiger partial charge in [-0.05, 0) is 36.4 Å². The molecule has 1 fully saturated rings. The molecule has 0 aromatic carbocycles.